The second-order valence-electron chi connectivity index (χ2n) is 4.55. The van der Waals surface area contributed by atoms with Crippen molar-refractivity contribution in [3.8, 4) is 0 Å². The quantitative estimate of drug-likeness (QED) is 0.774. The summed E-state index contributed by atoms with van der Waals surface area (Å²) in [6, 6.07) is 1.92. The average molecular weight is 239 g/mol. The molecule has 1 heterocycles. The van der Waals surface area contributed by atoms with Crippen LogP contribution in [0.5, 0.6) is 0 Å². The second-order valence-corrected chi connectivity index (χ2v) is 4.55. The van der Waals surface area contributed by atoms with Crippen molar-refractivity contribution < 1.29 is 14.6 Å². The van der Waals surface area contributed by atoms with Crippen LogP contribution in [0, 0.1) is 5.92 Å². The Morgan fingerprint density at radius 1 is 1.53 bits per heavy atom. The van der Waals surface area contributed by atoms with Crippen molar-refractivity contribution >= 4 is 5.97 Å². The van der Waals surface area contributed by atoms with Gasteiger partial charge in [0.15, 0.2) is 0 Å². The molecule has 1 aromatic heterocycles. The van der Waals surface area contributed by atoms with E-state index in [0.717, 1.165) is 18.5 Å². The Morgan fingerprint density at radius 3 is 2.82 bits per heavy atom. The molecule has 0 fully saturated rings. The highest BCUT2D eigenvalue weighted by atomic mass is 16.5. The first-order chi connectivity index (χ1) is 8.04. The molecule has 17 heavy (non-hydrogen) atoms. The van der Waals surface area contributed by atoms with Gasteiger partial charge in [-0.2, -0.15) is 0 Å². The van der Waals surface area contributed by atoms with Crippen LogP contribution in [0.25, 0.3) is 0 Å². The number of carbonyl (C=O) groups is 1. The van der Waals surface area contributed by atoms with E-state index < -0.39 is 6.10 Å². The molecular formula is C13H21NO3. The topological polar surface area (TPSA) is 51.5 Å². The lowest BCUT2D eigenvalue weighted by Gasteiger charge is -2.12. The Bertz CT molecular complexity index is 357. The average Bonchev–Trinajstić information content (AvgIpc) is 2.76. The molecule has 0 aliphatic rings. The van der Waals surface area contributed by atoms with Gasteiger partial charge in [0.05, 0.1) is 13.2 Å². The minimum absolute atomic E-state index is 0.181. The lowest BCUT2D eigenvalue weighted by atomic mass is 10.0. The number of nitrogens with zero attached hydrogens (tertiary/aromatic N) is 1. The number of aliphatic hydroxyl groups excluding tert-OH is 1. The number of ether oxygens (including phenoxy) is 1. The summed E-state index contributed by atoms with van der Waals surface area (Å²) in [6.45, 7) is 4.73. The van der Waals surface area contributed by atoms with Crippen molar-refractivity contribution in [1.82, 2.24) is 4.57 Å². The maximum Gasteiger partial charge on any atom is 0.305 e. The van der Waals surface area contributed by atoms with Gasteiger partial charge in [0.25, 0.3) is 0 Å². The van der Waals surface area contributed by atoms with Gasteiger partial charge in [0.2, 0.25) is 0 Å². The highest BCUT2D eigenvalue weighted by Gasteiger charge is 2.12. The van der Waals surface area contributed by atoms with Gasteiger partial charge < -0.3 is 14.4 Å². The molecule has 1 aromatic rings. The first-order valence-electron chi connectivity index (χ1n) is 5.95. The van der Waals surface area contributed by atoms with E-state index in [2.05, 4.69) is 4.74 Å². The molecule has 0 amide bonds. The van der Waals surface area contributed by atoms with Crippen LogP contribution in [0.2, 0.25) is 0 Å². The van der Waals surface area contributed by atoms with Gasteiger partial charge in [-0.05, 0) is 24.0 Å². The molecule has 4 nitrogen and oxygen atoms in total. The number of methoxy groups -OCH3 is 1. The predicted molar refractivity (Wildman–Crippen MR) is 65.5 cm³/mol. The first kappa shape index (κ1) is 13.8. The van der Waals surface area contributed by atoms with Crippen LogP contribution < -0.4 is 0 Å². The van der Waals surface area contributed by atoms with Gasteiger partial charge in [0.1, 0.15) is 0 Å². The Balaban J connectivity index is 2.43. The normalized spacial score (nSPS) is 12.8. The van der Waals surface area contributed by atoms with Gasteiger partial charge in [-0.3, -0.25) is 4.79 Å². The zero-order valence-electron chi connectivity index (χ0n) is 10.7. The van der Waals surface area contributed by atoms with Crippen LogP contribution in [0.3, 0.4) is 0 Å². The highest BCUT2D eigenvalue weighted by molar-refractivity contribution is 5.68. The summed E-state index contributed by atoms with van der Waals surface area (Å²) >= 11 is 0. The molecule has 4 heteroatoms. The Morgan fingerprint density at radius 2 is 2.24 bits per heavy atom. The van der Waals surface area contributed by atoms with Crippen molar-refractivity contribution in [3.63, 3.8) is 0 Å². The summed E-state index contributed by atoms with van der Waals surface area (Å²) in [5, 5.41) is 9.88. The summed E-state index contributed by atoms with van der Waals surface area (Å²) in [4.78, 5) is 10.9. The summed E-state index contributed by atoms with van der Waals surface area (Å²) in [5.74, 6) is 0.0283. The summed E-state index contributed by atoms with van der Waals surface area (Å²) in [7, 11) is 1.40. The molecule has 0 saturated heterocycles. The number of carbonyl (C=O) groups excluding carboxylic acids is 1. The second kappa shape index (κ2) is 6.45. The predicted octanol–water partition coefficient (Wildman–Crippen LogP) is 2.13. The van der Waals surface area contributed by atoms with E-state index in [9.17, 15) is 9.90 Å². The van der Waals surface area contributed by atoms with Crippen LogP contribution >= 0.6 is 0 Å². The minimum Gasteiger partial charge on any atom is -0.469 e. The van der Waals surface area contributed by atoms with Crippen LogP contribution in [0.15, 0.2) is 18.5 Å². The molecule has 0 aromatic carbocycles. The summed E-state index contributed by atoms with van der Waals surface area (Å²) in [5.41, 5.74) is 0.929. The van der Waals surface area contributed by atoms with Crippen molar-refractivity contribution in [2.45, 2.75) is 39.3 Å². The molecular weight excluding hydrogens is 218 g/mol. The number of aryl methyl sites for hydroxylation is 1. The van der Waals surface area contributed by atoms with Gasteiger partial charge >= 0.3 is 5.97 Å². The van der Waals surface area contributed by atoms with Gasteiger partial charge in [-0.25, -0.2) is 0 Å². The van der Waals surface area contributed by atoms with Crippen LogP contribution in [-0.2, 0) is 16.1 Å². The van der Waals surface area contributed by atoms with E-state index in [-0.39, 0.29) is 11.9 Å². The van der Waals surface area contributed by atoms with E-state index in [1.54, 1.807) is 0 Å². The SMILES string of the molecule is COC(=O)CCCn1ccc(C(O)C(C)C)c1. The molecule has 0 radical (unpaired) electrons. The van der Waals surface area contributed by atoms with E-state index >= 15 is 0 Å². The lowest BCUT2D eigenvalue weighted by Crippen LogP contribution is -2.05. The number of aliphatic hydroxyl groups is 1. The number of aromatic nitrogens is 1. The Hall–Kier alpha value is -1.29. The fraction of sp³-hybridized carbons (Fsp3) is 0.615. The van der Waals surface area contributed by atoms with Crippen LogP contribution in [0.1, 0.15) is 38.4 Å². The van der Waals surface area contributed by atoms with Gasteiger partial charge in [-0.1, -0.05) is 13.8 Å². The third kappa shape index (κ3) is 4.23. The Labute approximate surface area is 102 Å². The summed E-state index contributed by atoms with van der Waals surface area (Å²) in [6.07, 6.45) is 4.62. The molecule has 0 aliphatic heterocycles. The third-order valence-electron chi connectivity index (χ3n) is 2.77. The zero-order chi connectivity index (χ0) is 12.8. The molecule has 1 rings (SSSR count). The fourth-order valence-corrected chi connectivity index (χ4v) is 1.67. The molecule has 0 bridgehead atoms. The minimum atomic E-state index is -0.420. The van der Waals surface area contributed by atoms with Crippen LogP contribution in [0.4, 0.5) is 0 Å². The fourth-order valence-electron chi connectivity index (χ4n) is 1.67. The summed E-state index contributed by atoms with van der Waals surface area (Å²) < 4.78 is 6.56. The largest absolute Gasteiger partial charge is 0.469 e. The Kier molecular flexibility index (Phi) is 5.22. The zero-order valence-corrected chi connectivity index (χ0v) is 10.7. The monoisotopic (exact) mass is 239 g/mol. The van der Waals surface area contributed by atoms with Gasteiger partial charge in [-0.15, -0.1) is 0 Å². The lowest BCUT2D eigenvalue weighted by molar-refractivity contribution is -0.140. The van der Waals surface area contributed by atoms with Crippen molar-refractivity contribution in [1.29, 1.82) is 0 Å². The number of esters is 1. The molecule has 0 spiro atoms. The maximum atomic E-state index is 10.9. The highest BCUT2D eigenvalue weighted by Crippen LogP contribution is 2.21. The number of hydrogen-bond acceptors (Lipinski definition) is 3. The standard InChI is InChI=1S/C13H21NO3/c1-10(2)13(16)11-6-8-14(9-11)7-4-5-12(15)17-3/h6,8-10,13,16H,4-5,7H2,1-3H3. The molecule has 96 valence electrons. The number of hydrogen-bond donors (Lipinski definition) is 1. The molecule has 1 N–H and O–H groups in total. The number of rotatable bonds is 6. The molecule has 0 aliphatic carbocycles. The van der Waals surface area contributed by atoms with E-state index in [1.165, 1.54) is 7.11 Å². The molecule has 0 saturated carbocycles. The van der Waals surface area contributed by atoms with Crippen molar-refractivity contribution in [3.05, 3.63) is 24.0 Å². The van der Waals surface area contributed by atoms with Crippen LogP contribution in [-0.4, -0.2) is 22.8 Å². The van der Waals surface area contributed by atoms with Gasteiger partial charge in [0, 0.05) is 25.4 Å². The third-order valence-corrected chi connectivity index (χ3v) is 2.77. The first-order valence-corrected chi connectivity index (χ1v) is 5.95. The molecule has 1 atom stereocenters. The maximum absolute atomic E-state index is 10.9. The molecule has 1 unspecified atom stereocenters. The van der Waals surface area contributed by atoms with Crippen molar-refractivity contribution in [2.24, 2.45) is 5.92 Å². The van der Waals surface area contributed by atoms with Crippen molar-refractivity contribution in [2.75, 3.05) is 7.11 Å². The van der Waals surface area contributed by atoms with E-state index in [4.69, 9.17) is 0 Å². The smallest absolute Gasteiger partial charge is 0.305 e. The van der Waals surface area contributed by atoms with E-state index in [1.807, 2.05) is 36.9 Å². The van der Waals surface area contributed by atoms with E-state index in [0.29, 0.717) is 6.42 Å².